The third-order valence-corrected chi connectivity index (χ3v) is 5.39. The lowest BCUT2D eigenvalue weighted by atomic mass is 9.99. The zero-order valence-corrected chi connectivity index (χ0v) is 11.7. The molecule has 0 bridgehead atoms. The van der Waals surface area contributed by atoms with E-state index in [0.29, 0.717) is 18.5 Å². The minimum atomic E-state index is -3.56. The van der Waals surface area contributed by atoms with Gasteiger partial charge in [0.15, 0.2) is 0 Å². The Balaban J connectivity index is 2.19. The van der Waals surface area contributed by atoms with Gasteiger partial charge in [0.25, 0.3) is 0 Å². The van der Waals surface area contributed by atoms with Crippen molar-refractivity contribution in [3.8, 4) is 0 Å². The molecule has 1 fully saturated rings. The lowest BCUT2D eigenvalue weighted by Crippen LogP contribution is -2.40. The summed E-state index contributed by atoms with van der Waals surface area (Å²) in [5.41, 5.74) is 0.461. The van der Waals surface area contributed by atoms with Crippen molar-refractivity contribution < 1.29 is 18.3 Å². The van der Waals surface area contributed by atoms with Gasteiger partial charge in [-0.05, 0) is 19.8 Å². The third-order valence-electron chi connectivity index (χ3n) is 3.39. The number of aromatic nitrogens is 2. The van der Waals surface area contributed by atoms with E-state index in [1.165, 1.54) is 15.2 Å². The molecule has 0 unspecified atom stereocenters. The Morgan fingerprint density at radius 2 is 2.00 bits per heavy atom. The second-order valence-electron chi connectivity index (χ2n) is 4.77. The van der Waals surface area contributed by atoms with Crippen molar-refractivity contribution in [2.75, 3.05) is 13.1 Å². The second kappa shape index (κ2) is 4.93. The average molecular weight is 287 g/mol. The first-order valence-corrected chi connectivity index (χ1v) is 7.49. The molecule has 0 spiro atoms. The Kier molecular flexibility index (Phi) is 3.64. The van der Waals surface area contributed by atoms with Gasteiger partial charge in [-0.3, -0.25) is 9.48 Å². The highest BCUT2D eigenvalue weighted by molar-refractivity contribution is 7.89. The quantitative estimate of drug-likeness (QED) is 0.858. The van der Waals surface area contributed by atoms with Gasteiger partial charge < -0.3 is 5.11 Å². The fourth-order valence-corrected chi connectivity index (χ4v) is 3.98. The smallest absolute Gasteiger partial charge is 0.306 e. The van der Waals surface area contributed by atoms with E-state index in [-0.39, 0.29) is 18.0 Å². The molecule has 0 radical (unpaired) electrons. The summed E-state index contributed by atoms with van der Waals surface area (Å²) in [6, 6.07) is 0. The van der Waals surface area contributed by atoms with Crippen molar-refractivity contribution in [2.24, 2.45) is 13.0 Å². The molecule has 1 aromatic heterocycles. The maximum atomic E-state index is 12.4. The minimum absolute atomic E-state index is 0.198. The van der Waals surface area contributed by atoms with Crippen molar-refractivity contribution in [3.63, 3.8) is 0 Å². The number of aryl methyl sites for hydroxylation is 2. The molecular formula is C11H17N3O4S. The summed E-state index contributed by atoms with van der Waals surface area (Å²) in [6.07, 6.45) is 2.19. The summed E-state index contributed by atoms with van der Waals surface area (Å²) in [5.74, 6) is -1.30. The Morgan fingerprint density at radius 1 is 1.42 bits per heavy atom. The molecule has 1 N–H and O–H groups in total. The average Bonchev–Trinajstić information content (AvgIpc) is 2.69. The number of hydrogen-bond acceptors (Lipinski definition) is 4. The molecule has 19 heavy (non-hydrogen) atoms. The maximum Gasteiger partial charge on any atom is 0.306 e. The van der Waals surface area contributed by atoms with Gasteiger partial charge >= 0.3 is 5.97 Å². The number of rotatable bonds is 3. The van der Waals surface area contributed by atoms with Crippen LogP contribution in [0.2, 0.25) is 0 Å². The highest BCUT2D eigenvalue weighted by Crippen LogP contribution is 2.25. The molecule has 2 rings (SSSR count). The number of piperidine rings is 1. The van der Waals surface area contributed by atoms with Crippen LogP contribution in [0.15, 0.2) is 11.1 Å². The van der Waals surface area contributed by atoms with Gasteiger partial charge in [0, 0.05) is 26.3 Å². The zero-order valence-electron chi connectivity index (χ0n) is 10.9. The molecule has 0 aromatic carbocycles. The highest BCUT2D eigenvalue weighted by Gasteiger charge is 2.33. The Labute approximate surface area is 111 Å². The van der Waals surface area contributed by atoms with Gasteiger partial charge in [-0.25, -0.2) is 8.42 Å². The molecule has 0 amide bonds. The first-order chi connectivity index (χ1) is 8.82. The molecule has 0 saturated carbocycles. The number of hydrogen-bond donors (Lipinski definition) is 1. The molecule has 1 aliphatic rings. The number of carboxylic acids is 1. The van der Waals surface area contributed by atoms with Crippen LogP contribution in [0.3, 0.4) is 0 Å². The molecule has 1 saturated heterocycles. The fraction of sp³-hybridized carbons (Fsp3) is 0.636. The predicted molar refractivity (Wildman–Crippen MR) is 67.1 cm³/mol. The lowest BCUT2D eigenvalue weighted by Gasteiger charge is -2.28. The number of sulfonamides is 1. The van der Waals surface area contributed by atoms with E-state index in [4.69, 9.17) is 5.11 Å². The first-order valence-electron chi connectivity index (χ1n) is 6.05. The second-order valence-corrected chi connectivity index (χ2v) is 6.68. The Bertz CT molecular complexity index is 585. The van der Waals surface area contributed by atoms with Crippen LogP contribution in [0, 0.1) is 12.8 Å². The van der Waals surface area contributed by atoms with E-state index < -0.39 is 21.9 Å². The lowest BCUT2D eigenvalue weighted by molar-refractivity contribution is -0.142. The highest BCUT2D eigenvalue weighted by atomic mass is 32.2. The zero-order chi connectivity index (χ0) is 14.2. The molecule has 0 aliphatic carbocycles. The van der Waals surface area contributed by atoms with Gasteiger partial charge in [0.05, 0.1) is 11.6 Å². The summed E-state index contributed by atoms with van der Waals surface area (Å²) in [7, 11) is -1.89. The SMILES string of the molecule is Cc1nn(C)cc1S(=O)(=O)N1CCC(C(=O)O)CC1. The normalized spacial score (nSPS) is 18.6. The van der Waals surface area contributed by atoms with Crippen LogP contribution >= 0.6 is 0 Å². The van der Waals surface area contributed by atoms with Gasteiger partial charge in [-0.2, -0.15) is 9.40 Å². The first kappa shape index (κ1) is 14.0. The molecule has 7 nitrogen and oxygen atoms in total. The number of nitrogens with zero attached hydrogens (tertiary/aromatic N) is 3. The largest absolute Gasteiger partial charge is 0.481 e. The molecule has 0 atom stereocenters. The van der Waals surface area contributed by atoms with Crippen LogP contribution in [0.5, 0.6) is 0 Å². The molecule has 1 aromatic rings. The number of aliphatic carboxylic acids is 1. The Morgan fingerprint density at radius 3 is 2.42 bits per heavy atom. The van der Waals surface area contributed by atoms with E-state index in [1.54, 1.807) is 14.0 Å². The van der Waals surface area contributed by atoms with Crippen molar-refractivity contribution in [2.45, 2.75) is 24.7 Å². The van der Waals surface area contributed by atoms with E-state index >= 15 is 0 Å². The summed E-state index contributed by atoms with van der Waals surface area (Å²) < 4.78 is 27.7. The van der Waals surface area contributed by atoms with Crippen LogP contribution in [0.1, 0.15) is 18.5 Å². The Hall–Kier alpha value is -1.41. The van der Waals surface area contributed by atoms with E-state index in [9.17, 15) is 13.2 Å². The van der Waals surface area contributed by atoms with Crippen molar-refractivity contribution in [3.05, 3.63) is 11.9 Å². The van der Waals surface area contributed by atoms with Gasteiger partial charge in [0.1, 0.15) is 4.90 Å². The third kappa shape index (κ3) is 2.64. The number of carbonyl (C=O) groups is 1. The van der Waals surface area contributed by atoms with Crippen molar-refractivity contribution >= 4 is 16.0 Å². The summed E-state index contributed by atoms with van der Waals surface area (Å²) in [5, 5.41) is 12.9. The molecule has 1 aliphatic heterocycles. The van der Waals surface area contributed by atoms with Crippen LogP contribution in [-0.2, 0) is 21.9 Å². The topological polar surface area (TPSA) is 92.5 Å². The van der Waals surface area contributed by atoms with Gasteiger partial charge in [-0.15, -0.1) is 0 Å². The standard InChI is InChI=1S/C11H17N3O4S/c1-8-10(7-13(2)12-8)19(17,18)14-5-3-9(4-6-14)11(15)16/h7,9H,3-6H2,1-2H3,(H,15,16). The summed E-state index contributed by atoms with van der Waals surface area (Å²) >= 11 is 0. The van der Waals surface area contributed by atoms with Crippen molar-refractivity contribution in [1.82, 2.24) is 14.1 Å². The van der Waals surface area contributed by atoms with E-state index in [2.05, 4.69) is 5.10 Å². The minimum Gasteiger partial charge on any atom is -0.481 e. The van der Waals surface area contributed by atoms with E-state index in [0.717, 1.165) is 0 Å². The molecule has 106 valence electrons. The molecule has 8 heteroatoms. The van der Waals surface area contributed by atoms with Crippen LogP contribution in [0.25, 0.3) is 0 Å². The van der Waals surface area contributed by atoms with E-state index in [1.807, 2.05) is 0 Å². The van der Waals surface area contributed by atoms with Gasteiger partial charge in [0.2, 0.25) is 10.0 Å². The van der Waals surface area contributed by atoms with Gasteiger partial charge in [-0.1, -0.05) is 0 Å². The maximum absolute atomic E-state index is 12.4. The molecular weight excluding hydrogens is 270 g/mol. The van der Waals surface area contributed by atoms with Crippen LogP contribution in [-0.4, -0.2) is 46.7 Å². The fourth-order valence-electron chi connectivity index (χ4n) is 2.31. The van der Waals surface area contributed by atoms with Crippen molar-refractivity contribution in [1.29, 1.82) is 0 Å². The summed E-state index contributed by atoms with van der Waals surface area (Å²) in [4.78, 5) is 11.1. The monoisotopic (exact) mass is 287 g/mol. The number of carboxylic acid groups (broad SMARTS) is 1. The van der Waals surface area contributed by atoms with Crippen LogP contribution < -0.4 is 0 Å². The van der Waals surface area contributed by atoms with Crippen LogP contribution in [0.4, 0.5) is 0 Å². The predicted octanol–water partition coefficient (Wildman–Crippen LogP) is 0.214. The summed E-state index contributed by atoms with van der Waals surface area (Å²) in [6.45, 7) is 2.14. The molecule has 2 heterocycles.